The van der Waals surface area contributed by atoms with Crippen LogP contribution in [-0.4, -0.2) is 29.9 Å². The normalized spacial score (nSPS) is 22.4. The summed E-state index contributed by atoms with van der Waals surface area (Å²) in [6.07, 6.45) is 3.78. The van der Waals surface area contributed by atoms with Crippen LogP contribution in [0.2, 0.25) is 0 Å². The van der Waals surface area contributed by atoms with Gasteiger partial charge in [0, 0.05) is 12.1 Å². The van der Waals surface area contributed by atoms with Crippen molar-refractivity contribution in [1.82, 2.24) is 5.01 Å². The zero-order chi connectivity index (χ0) is 16.4. The van der Waals surface area contributed by atoms with Gasteiger partial charge in [-0.3, -0.25) is 5.01 Å². The average Bonchev–Trinajstić information content (AvgIpc) is 2.57. The lowest BCUT2D eigenvalue weighted by molar-refractivity contribution is 0.108. The molecule has 0 N–H and O–H groups in total. The molecule has 0 spiro atoms. The number of benzene rings is 2. The summed E-state index contributed by atoms with van der Waals surface area (Å²) in [5, 5.41) is 9.64. The number of methoxy groups -OCH3 is 1. The van der Waals surface area contributed by atoms with Crippen LogP contribution < -0.4 is 4.74 Å². The lowest BCUT2D eigenvalue weighted by Crippen LogP contribution is -2.40. The number of piperidine rings is 1. The fraction of sp³-hybridized carbons (Fsp3) is 0.450. The van der Waals surface area contributed by atoms with Crippen molar-refractivity contribution in [2.24, 2.45) is 5.10 Å². The summed E-state index contributed by atoms with van der Waals surface area (Å²) >= 11 is 0. The third kappa shape index (κ3) is 3.34. The summed E-state index contributed by atoms with van der Waals surface area (Å²) in [6.45, 7) is 6.66. The summed E-state index contributed by atoms with van der Waals surface area (Å²) < 4.78 is 5.29. The number of hydrogen-bond acceptors (Lipinski definition) is 3. The highest BCUT2D eigenvalue weighted by Crippen LogP contribution is 2.25. The molecule has 1 fully saturated rings. The molecule has 0 bridgehead atoms. The van der Waals surface area contributed by atoms with Crippen LogP contribution in [0.4, 0.5) is 0 Å². The second-order valence-corrected chi connectivity index (χ2v) is 6.62. The molecular weight excluding hydrogens is 284 g/mol. The summed E-state index contributed by atoms with van der Waals surface area (Å²) in [5.41, 5.74) is 2.27. The summed E-state index contributed by atoms with van der Waals surface area (Å²) in [6, 6.07) is 13.8. The quantitative estimate of drug-likeness (QED) is 0.758. The number of ether oxygens (including phenoxy) is 1. The van der Waals surface area contributed by atoms with Gasteiger partial charge >= 0.3 is 0 Å². The maximum Gasteiger partial charge on any atom is 0.119 e. The molecule has 0 aliphatic carbocycles. The smallest absolute Gasteiger partial charge is 0.119 e. The van der Waals surface area contributed by atoms with Gasteiger partial charge in [-0.1, -0.05) is 18.2 Å². The van der Waals surface area contributed by atoms with Crippen molar-refractivity contribution in [2.75, 3.05) is 7.11 Å². The van der Waals surface area contributed by atoms with E-state index >= 15 is 0 Å². The second-order valence-electron chi connectivity index (χ2n) is 6.62. The van der Waals surface area contributed by atoms with Gasteiger partial charge in [0.25, 0.3) is 0 Å². The fourth-order valence-corrected chi connectivity index (χ4v) is 3.41. The second kappa shape index (κ2) is 6.61. The lowest BCUT2D eigenvalue weighted by Gasteiger charge is -2.37. The van der Waals surface area contributed by atoms with Crippen LogP contribution in [0.3, 0.4) is 0 Å². The molecule has 23 heavy (non-hydrogen) atoms. The topological polar surface area (TPSA) is 24.8 Å². The Morgan fingerprint density at radius 2 is 1.70 bits per heavy atom. The first kappa shape index (κ1) is 15.9. The molecule has 2 aromatic carbocycles. The van der Waals surface area contributed by atoms with E-state index in [4.69, 9.17) is 9.84 Å². The van der Waals surface area contributed by atoms with Gasteiger partial charge in [-0.15, -0.1) is 0 Å². The molecule has 3 heteroatoms. The van der Waals surface area contributed by atoms with Gasteiger partial charge in [0.1, 0.15) is 5.75 Å². The molecule has 1 heterocycles. The molecule has 0 amide bonds. The molecule has 0 saturated carbocycles. The monoisotopic (exact) mass is 310 g/mol. The first-order chi connectivity index (χ1) is 11.1. The molecule has 1 aliphatic heterocycles. The van der Waals surface area contributed by atoms with Gasteiger partial charge in [0.05, 0.1) is 12.8 Å². The lowest BCUT2D eigenvalue weighted by atomic mass is 10.00. The van der Waals surface area contributed by atoms with E-state index in [2.05, 4.69) is 56.1 Å². The van der Waals surface area contributed by atoms with Crippen LogP contribution >= 0.6 is 0 Å². The molecule has 2 atom stereocenters. The summed E-state index contributed by atoms with van der Waals surface area (Å²) in [7, 11) is 1.70. The molecular formula is C20H26N2O. The largest absolute Gasteiger partial charge is 0.497 e. The van der Waals surface area contributed by atoms with Gasteiger partial charge in [0.15, 0.2) is 0 Å². The van der Waals surface area contributed by atoms with Crippen LogP contribution in [0.25, 0.3) is 10.8 Å². The first-order valence-corrected chi connectivity index (χ1v) is 8.50. The Hall–Kier alpha value is -2.03. The highest BCUT2D eigenvalue weighted by atomic mass is 16.5. The van der Waals surface area contributed by atoms with E-state index < -0.39 is 0 Å². The third-order valence-corrected chi connectivity index (χ3v) is 4.88. The molecule has 2 aromatic rings. The van der Waals surface area contributed by atoms with Crippen LogP contribution in [0.15, 0.2) is 41.5 Å². The SMILES string of the molecule is COc1ccc2cc(/C(C)=N\N3[C@@H](C)CCC[C@@H]3C)ccc2c1. The van der Waals surface area contributed by atoms with Crippen molar-refractivity contribution in [1.29, 1.82) is 0 Å². The zero-order valence-corrected chi connectivity index (χ0v) is 14.5. The maximum atomic E-state index is 5.29. The van der Waals surface area contributed by atoms with Crippen molar-refractivity contribution in [2.45, 2.75) is 52.1 Å². The average molecular weight is 310 g/mol. The molecule has 1 aliphatic rings. The Kier molecular flexibility index (Phi) is 4.56. The summed E-state index contributed by atoms with van der Waals surface area (Å²) in [5.74, 6) is 0.895. The fourth-order valence-electron chi connectivity index (χ4n) is 3.41. The van der Waals surface area contributed by atoms with E-state index in [1.807, 2.05) is 6.07 Å². The maximum absolute atomic E-state index is 5.29. The summed E-state index contributed by atoms with van der Waals surface area (Å²) in [4.78, 5) is 0. The Morgan fingerprint density at radius 1 is 1.04 bits per heavy atom. The van der Waals surface area contributed by atoms with Gasteiger partial charge in [-0.2, -0.15) is 5.10 Å². The Balaban J connectivity index is 1.90. The van der Waals surface area contributed by atoms with Crippen molar-refractivity contribution >= 4 is 16.5 Å². The first-order valence-electron chi connectivity index (χ1n) is 8.50. The van der Waals surface area contributed by atoms with Crippen LogP contribution in [-0.2, 0) is 0 Å². The van der Waals surface area contributed by atoms with Gasteiger partial charge < -0.3 is 4.74 Å². The minimum atomic E-state index is 0.526. The van der Waals surface area contributed by atoms with Crippen molar-refractivity contribution in [3.63, 3.8) is 0 Å². The zero-order valence-electron chi connectivity index (χ0n) is 14.5. The highest BCUT2D eigenvalue weighted by Gasteiger charge is 2.23. The van der Waals surface area contributed by atoms with Crippen LogP contribution in [0.5, 0.6) is 5.75 Å². The molecule has 1 saturated heterocycles. The number of nitrogens with zero attached hydrogens (tertiary/aromatic N) is 2. The van der Waals surface area contributed by atoms with Crippen molar-refractivity contribution < 1.29 is 4.74 Å². The van der Waals surface area contributed by atoms with Gasteiger partial charge in [0.2, 0.25) is 0 Å². The Bertz CT molecular complexity index is 713. The van der Waals surface area contributed by atoms with Crippen LogP contribution in [0.1, 0.15) is 45.6 Å². The predicted molar refractivity (Wildman–Crippen MR) is 97.3 cm³/mol. The molecule has 122 valence electrons. The van der Waals surface area contributed by atoms with E-state index in [1.165, 1.54) is 35.6 Å². The molecule has 3 rings (SSSR count). The van der Waals surface area contributed by atoms with Gasteiger partial charge in [-0.25, -0.2) is 0 Å². The number of hydrazone groups is 1. The minimum absolute atomic E-state index is 0.526. The highest BCUT2D eigenvalue weighted by molar-refractivity contribution is 6.02. The minimum Gasteiger partial charge on any atom is -0.497 e. The Morgan fingerprint density at radius 3 is 2.39 bits per heavy atom. The number of fused-ring (bicyclic) bond motifs is 1. The van der Waals surface area contributed by atoms with E-state index in [0.29, 0.717) is 12.1 Å². The van der Waals surface area contributed by atoms with E-state index in [0.717, 1.165) is 11.5 Å². The van der Waals surface area contributed by atoms with E-state index in [1.54, 1.807) is 7.11 Å². The van der Waals surface area contributed by atoms with E-state index in [-0.39, 0.29) is 0 Å². The predicted octanol–water partition coefficient (Wildman–Crippen LogP) is 4.84. The van der Waals surface area contributed by atoms with Crippen molar-refractivity contribution in [3.8, 4) is 5.75 Å². The third-order valence-electron chi connectivity index (χ3n) is 4.88. The molecule has 0 unspecified atom stereocenters. The van der Waals surface area contributed by atoms with Gasteiger partial charge in [-0.05, 0) is 74.6 Å². The van der Waals surface area contributed by atoms with E-state index in [9.17, 15) is 0 Å². The Labute approximate surface area is 138 Å². The molecule has 3 nitrogen and oxygen atoms in total. The standard InChI is InChI=1S/C20H26N2O/c1-14-6-5-7-15(2)22(14)21-16(3)17-8-9-19-13-20(23-4)11-10-18(19)12-17/h8-15H,5-7H2,1-4H3/b21-16-/t14-,15-/m0/s1. The van der Waals surface area contributed by atoms with Crippen LogP contribution in [0, 0.1) is 0 Å². The number of hydrogen-bond donors (Lipinski definition) is 0. The molecule has 0 aromatic heterocycles. The number of rotatable bonds is 3. The molecule has 0 radical (unpaired) electrons. The van der Waals surface area contributed by atoms with Crippen molar-refractivity contribution in [3.05, 3.63) is 42.0 Å².